The molecule has 9 heteroatoms. The van der Waals surface area contributed by atoms with Crippen LogP contribution in [0.1, 0.15) is 12.0 Å². The zero-order chi connectivity index (χ0) is 14.9. The predicted octanol–water partition coefficient (Wildman–Crippen LogP) is 4.19. The van der Waals surface area contributed by atoms with Gasteiger partial charge in [0.05, 0.1) is 15.9 Å². The molecule has 20 heavy (non-hydrogen) atoms. The van der Waals surface area contributed by atoms with Crippen LogP contribution in [0, 0.1) is 15.5 Å². The lowest BCUT2D eigenvalue weighted by Crippen LogP contribution is -2.30. The van der Waals surface area contributed by atoms with Gasteiger partial charge in [-0.15, -0.1) is 0 Å². The Balaban J connectivity index is 2.27. The van der Waals surface area contributed by atoms with Gasteiger partial charge in [0.2, 0.25) is 3.79 Å². The quantitative estimate of drug-likeness (QED) is 0.492. The van der Waals surface area contributed by atoms with Crippen LogP contribution < -0.4 is 0 Å². The van der Waals surface area contributed by atoms with Crippen molar-refractivity contribution in [3.63, 3.8) is 0 Å². The summed E-state index contributed by atoms with van der Waals surface area (Å²) in [6.07, 6.45) is 0.376. The van der Waals surface area contributed by atoms with E-state index in [0.29, 0.717) is 17.7 Å². The van der Waals surface area contributed by atoms with Crippen LogP contribution in [-0.4, -0.2) is 24.8 Å². The Kier molecular flexibility index (Phi) is 4.59. The van der Waals surface area contributed by atoms with Crippen LogP contribution in [0.3, 0.4) is 0 Å². The number of nitro benzene ring substituents is 1. The van der Waals surface area contributed by atoms with Crippen molar-refractivity contribution in [1.29, 1.82) is 5.41 Å². The lowest BCUT2D eigenvalue weighted by molar-refractivity contribution is -0.384. The van der Waals surface area contributed by atoms with E-state index in [1.807, 2.05) is 0 Å². The van der Waals surface area contributed by atoms with Crippen LogP contribution in [0.4, 0.5) is 5.69 Å². The van der Waals surface area contributed by atoms with Gasteiger partial charge in [-0.3, -0.25) is 15.5 Å². The fraction of sp³-hybridized carbons (Fsp3) is 0.273. The van der Waals surface area contributed by atoms with Crippen LogP contribution >= 0.6 is 46.6 Å². The minimum Gasteiger partial charge on any atom is -0.277 e. The molecule has 1 heterocycles. The maximum atomic E-state index is 10.6. The number of thioether (sulfide) groups is 1. The number of benzene rings is 1. The standard InChI is InChI=1S/C11H8Cl3N3O2S/c12-11(13,14)9-5-8(16-10(15)20-9)6-1-3-7(4-2-6)17(18)19/h1-4,9,15H,5H2/t9-/m0/s1. The molecule has 1 aliphatic rings. The molecule has 0 saturated carbocycles. The monoisotopic (exact) mass is 351 g/mol. The molecule has 0 fully saturated rings. The zero-order valence-corrected chi connectivity index (χ0v) is 12.9. The Labute approximate surface area is 134 Å². The van der Waals surface area contributed by atoms with E-state index in [1.54, 1.807) is 12.1 Å². The van der Waals surface area contributed by atoms with Gasteiger partial charge in [-0.05, 0) is 17.7 Å². The minimum atomic E-state index is -1.50. The van der Waals surface area contributed by atoms with E-state index in [9.17, 15) is 10.1 Å². The number of hydrogen-bond donors (Lipinski definition) is 1. The molecule has 106 valence electrons. The third-order valence-corrected chi connectivity index (χ3v) is 4.94. The molecule has 0 bridgehead atoms. The van der Waals surface area contributed by atoms with E-state index >= 15 is 0 Å². The second kappa shape index (κ2) is 5.89. The second-order valence-electron chi connectivity index (χ2n) is 4.02. The van der Waals surface area contributed by atoms with Crippen molar-refractivity contribution in [1.82, 2.24) is 0 Å². The smallest absolute Gasteiger partial charge is 0.269 e. The number of nitrogens with one attached hydrogen (secondary N) is 1. The third-order valence-electron chi connectivity index (χ3n) is 2.65. The number of rotatable bonds is 2. The zero-order valence-electron chi connectivity index (χ0n) is 9.85. The average molecular weight is 353 g/mol. The molecule has 0 aromatic heterocycles. The fourth-order valence-corrected chi connectivity index (χ4v) is 3.13. The highest BCUT2D eigenvalue weighted by Gasteiger charge is 2.37. The topological polar surface area (TPSA) is 79.3 Å². The Hall–Kier alpha value is -0.820. The molecule has 0 aliphatic carbocycles. The van der Waals surface area contributed by atoms with Gasteiger partial charge in [0.15, 0.2) is 5.17 Å². The van der Waals surface area contributed by atoms with Crippen molar-refractivity contribution >= 4 is 63.1 Å². The molecule has 1 atom stereocenters. The van der Waals surface area contributed by atoms with Gasteiger partial charge in [0.25, 0.3) is 5.69 Å². The van der Waals surface area contributed by atoms with Gasteiger partial charge in [0.1, 0.15) is 0 Å². The highest BCUT2D eigenvalue weighted by atomic mass is 35.6. The van der Waals surface area contributed by atoms with Crippen LogP contribution in [-0.2, 0) is 0 Å². The first kappa shape index (κ1) is 15.6. The first-order valence-electron chi connectivity index (χ1n) is 5.41. The second-order valence-corrected chi connectivity index (χ2v) is 7.58. The van der Waals surface area contributed by atoms with E-state index in [4.69, 9.17) is 40.2 Å². The largest absolute Gasteiger partial charge is 0.277 e. The van der Waals surface area contributed by atoms with E-state index in [-0.39, 0.29) is 10.9 Å². The molecule has 1 aromatic rings. The molecule has 0 unspecified atom stereocenters. The predicted molar refractivity (Wildman–Crippen MR) is 83.6 cm³/mol. The summed E-state index contributed by atoms with van der Waals surface area (Å²) in [7, 11) is 0. The van der Waals surface area contributed by atoms with Gasteiger partial charge in [-0.1, -0.05) is 46.6 Å². The van der Waals surface area contributed by atoms with Crippen molar-refractivity contribution in [2.45, 2.75) is 15.5 Å². The fourth-order valence-electron chi connectivity index (χ4n) is 1.69. The van der Waals surface area contributed by atoms with Crippen molar-refractivity contribution in [2.24, 2.45) is 4.99 Å². The normalized spacial score (nSPS) is 19.6. The first-order valence-corrected chi connectivity index (χ1v) is 7.43. The van der Waals surface area contributed by atoms with Crippen molar-refractivity contribution in [3.05, 3.63) is 39.9 Å². The molecule has 0 spiro atoms. The summed E-state index contributed by atoms with van der Waals surface area (Å²) >= 11 is 18.7. The molecule has 0 amide bonds. The Morgan fingerprint density at radius 2 is 1.95 bits per heavy atom. The highest BCUT2D eigenvalue weighted by Crippen LogP contribution is 2.42. The summed E-state index contributed by atoms with van der Waals surface area (Å²) in [5, 5.41) is 17.9. The molecule has 0 saturated heterocycles. The number of alkyl halides is 3. The third kappa shape index (κ3) is 3.63. The van der Waals surface area contributed by atoms with Crippen LogP contribution in [0.2, 0.25) is 0 Å². The van der Waals surface area contributed by atoms with Gasteiger partial charge in [-0.2, -0.15) is 0 Å². The molecule has 1 N–H and O–H groups in total. The highest BCUT2D eigenvalue weighted by molar-refractivity contribution is 8.14. The molecule has 0 radical (unpaired) electrons. The van der Waals surface area contributed by atoms with E-state index in [1.165, 1.54) is 12.1 Å². The number of amidine groups is 1. The molecule has 2 rings (SSSR count). The van der Waals surface area contributed by atoms with Gasteiger partial charge >= 0.3 is 0 Å². The Morgan fingerprint density at radius 1 is 1.35 bits per heavy atom. The maximum absolute atomic E-state index is 10.6. The van der Waals surface area contributed by atoms with Gasteiger partial charge < -0.3 is 0 Å². The van der Waals surface area contributed by atoms with Gasteiger partial charge in [0, 0.05) is 18.6 Å². The van der Waals surface area contributed by atoms with E-state index < -0.39 is 14.0 Å². The molecular weight excluding hydrogens is 345 g/mol. The lowest BCUT2D eigenvalue weighted by Gasteiger charge is -2.27. The summed E-state index contributed by atoms with van der Waals surface area (Å²) in [6.45, 7) is 0. The summed E-state index contributed by atoms with van der Waals surface area (Å²) in [4.78, 5) is 14.2. The summed E-state index contributed by atoms with van der Waals surface area (Å²) in [5.74, 6) is 0. The lowest BCUT2D eigenvalue weighted by atomic mass is 10.1. The van der Waals surface area contributed by atoms with Crippen molar-refractivity contribution in [3.8, 4) is 0 Å². The maximum Gasteiger partial charge on any atom is 0.269 e. The summed E-state index contributed by atoms with van der Waals surface area (Å²) in [6, 6.07) is 5.92. The number of non-ortho nitro benzene ring substituents is 1. The van der Waals surface area contributed by atoms with Crippen LogP contribution in [0.15, 0.2) is 29.3 Å². The molecular formula is C11H8Cl3N3O2S. The summed E-state index contributed by atoms with van der Waals surface area (Å²) < 4.78 is -1.50. The summed E-state index contributed by atoms with van der Waals surface area (Å²) in [5.41, 5.74) is 1.26. The average Bonchev–Trinajstić information content (AvgIpc) is 2.37. The van der Waals surface area contributed by atoms with Crippen molar-refractivity contribution in [2.75, 3.05) is 0 Å². The van der Waals surface area contributed by atoms with Crippen molar-refractivity contribution < 1.29 is 4.92 Å². The number of nitro groups is 1. The van der Waals surface area contributed by atoms with Crippen LogP contribution in [0.5, 0.6) is 0 Å². The number of nitrogens with zero attached hydrogens (tertiary/aromatic N) is 2. The van der Waals surface area contributed by atoms with E-state index in [2.05, 4.69) is 4.99 Å². The number of halogens is 3. The van der Waals surface area contributed by atoms with Crippen LogP contribution in [0.25, 0.3) is 0 Å². The van der Waals surface area contributed by atoms with Gasteiger partial charge in [-0.25, -0.2) is 4.99 Å². The number of hydrogen-bond acceptors (Lipinski definition) is 4. The number of aliphatic imine (C=N–C) groups is 1. The molecule has 1 aliphatic heterocycles. The van der Waals surface area contributed by atoms with E-state index in [0.717, 1.165) is 11.8 Å². The Bertz CT molecular complexity index is 584. The molecule has 5 nitrogen and oxygen atoms in total. The molecule has 1 aromatic carbocycles. The first-order chi connectivity index (χ1) is 9.27. The minimum absolute atomic E-state index is 0.00691. The Morgan fingerprint density at radius 3 is 2.45 bits per heavy atom. The SMILES string of the molecule is N=C1N=C(c2ccc([N+](=O)[O-])cc2)C[C@@H](C(Cl)(Cl)Cl)S1.